The molecule has 0 fully saturated rings. The average molecular weight is 280 g/mol. The van der Waals surface area contributed by atoms with Gasteiger partial charge in [-0.2, -0.15) is 0 Å². The summed E-state index contributed by atoms with van der Waals surface area (Å²) >= 11 is 0. The fourth-order valence-corrected chi connectivity index (χ4v) is 2.60. The van der Waals surface area contributed by atoms with E-state index in [1.54, 1.807) is 18.5 Å². The van der Waals surface area contributed by atoms with Crippen LogP contribution in [0.25, 0.3) is 6.08 Å². The lowest BCUT2D eigenvalue weighted by molar-refractivity contribution is -0.117. The van der Waals surface area contributed by atoms with E-state index in [9.17, 15) is 9.90 Å². The Labute approximate surface area is 123 Å². The first-order valence-corrected chi connectivity index (χ1v) is 6.88. The molecule has 3 rings (SSSR count). The number of aliphatic hydroxyl groups excluding tert-OH is 1. The van der Waals surface area contributed by atoms with Crippen molar-refractivity contribution in [3.63, 3.8) is 0 Å². The Morgan fingerprint density at radius 2 is 2.14 bits per heavy atom. The normalized spacial score (nSPS) is 20.4. The molecule has 1 aliphatic rings. The van der Waals surface area contributed by atoms with Crippen LogP contribution in [0, 0.1) is 0 Å². The van der Waals surface area contributed by atoms with E-state index in [-0.39, 0.29) is 11.9 Å². The predicted octanol–water partition coefficient (Wildman–Crippen LogP) is 1.87. The topological polar surface area (TPSA) is 62.2 Å². The van der Waals surface area contributed by atoms with Gasteiger partial charge in [-0.05, 0) is 28.8 Å². The van der Waals surface area contributed by atoms with Gasteiger partial charge in [0, 0.05) is 24.9 Å². The monoisotopic (exact) mass is 280 g/mol. The third-order valence-electron chi connectivity index (χ3n) is 3.61. The molecule has 0 radical (unpaired) electrons. The van der Waals surface area contributed by atoms with E-state index >= 15 is 0 Å². The summed E-state index contributed by atoms with van der Waals surface area (Å²) in [5.74, 6) is -0.223. The van der Waals surface area contributed by atoms with Gasteiger partial charge in [0.15, 0.2) is 0 Å². The smallest absolute Gasteiger partial charge is 0.244 e. The van der Waals surface area contributed by atoms with Gasteiger partial charge in [-0.1, -0.05) is 30.3 Å². The van der Waals surface area contributed by atoms with Crippen molar-refractivity contribution in [3.8, 4) is 0 Å². The third kappa shape index (κ3) is 3.01. The molecule has 0 unspecified atom stereocenters. The van der Waals surface area contributed by atoms with Gasteiger partial charge in [-0.3, -0.25) is 9.78 Å². The molecule has 0 bridgehead atoms. The lowest BCUT2D eigenvalue weighted by Crippen LogP contribution is -2.32. The van der Waals surface area contributed by atoms with Gasteiger partial charge in [-0.25, -0.2) is 0 Å². The van der Waals surface area contributed by atoms with Crippen LogP contribution in [0.5, 0.6) is 0 Å². The second kappa shape index (κ2) is 5.89. The van der Waals surface area contributed by atoms with Crippen molar-refractivity contribution in [2.45, 2.75) is 18.6 Å². The fourth-order valence-electron chi connectivity index (χ4n) is 2.60. The maximum atomic E-state index is 12.0. The SMILES string of the molecule is O=C(/C=C/c1cccnc1)N[C@H]1c2ccccc2C[C@@H]1O. The zero-order valence-electron chi connectivity index (χ0n) is 11.4. The zero-order chi connectivity index (χ0) is 14.7. The van der Waals surface area contributed by atoms with Crippen LogP contribution in [-0.4, -0.2) is 22.1 Å². The van der Waals surface area contributed by atoms with Crippen molar-refractivity contribution in [1.29, 1.82) is 0 Å². The number of carbonyl (C=O) groups excluding carboxylic acids is 1. The van der Waals surface area contributed by atoms with E-state index in [2.05, 4.69) is 10.3 Å². The number of carbonyl (C=O) groups is 1. The number of hydrogen-bond donors (Lipinski definition) is 2. The van der Waals surface area contributed by atoms with Crippen LogP contribution in [-0.2, 0) is 11.2 Å². The van der Waals surface area contributed by atoms with Crippen molar-refractivity contribution in [1.82, 2.24) is 10.3 Å². The first-order chi connectivity index (χ1) is 10.2. The molecule has 0 saturated carbocycles. The third-order valence-corrected chi connectivity index (χ3v) is 3.61. The van der Waals surface area contributed by atoms with Gasteiger partial charge in [0.25, 0.3) is 0 Å². The van der Waals surface area contributed by atoms with Crippen LogP contribution in [0.1, 0.15) is 22.7 Å². The molecular weight excluding hydrogens is 264 g/mol. The molecule has 1 amide bonds. The van der Waals surface area contributed by atoms with Crippen molar-refractivity contribution < 1.29 is 9.90 Å². The summed E-state index contributed by atoms with van der Waals surface area (Å²) in [5.41, 5.74) is 2.94. The lowest BCUT2D eigenvalue weighted by Gasteiger charge is -2.16. The Hall–Kier alpha value is -2.46. The average Bonchev–Trinajstić information content (AvgIpc) is 2.82. The Morgan fingerprint density at radius 3 is 2.95 bits per heavy atom. The standard InChI is InChI=1S/C17H16N2O2/c20-15-10-13-5-1-2-6-14(13)17(15)19-16(21)8-7-12-4-3-9-18-11-12/h1-9,11,15,17,20H,10H2,(H,19,21)/b8-7+/t15-,17-/m0/s1. The van der Waals surface area contributed by atoms with E-state index in [1.807, 2.05) is 36.4 Å². The number of benzene rings is 1. The van der Waals surface area contributed by atoms with E-state index in [0.29, 0.717) is 6.42 Å². The summed E-state index contributed by atoms with van der Waals surface area (Å²) in [5, 5.41) is 13.0. The van der Waals surface area contributed by atoms with Gasteiger partial charge in [0.05, 0.1) is 12.1 Å². The maximum absolute atomic E-state index is 12.0. The number of aromatic nitrogens is 1. The number of aliphatic hydroxyl groups is 1. The summed E-state index contributed by atoms with van der Waals surface area (Å²) in [7, 11) is 0. The molecule has 2 atom stereocenters. The van der Waals surface area contributed by atoms with Crippen molar-refractivity contribution in [3.05, 3.63) is 71.6 Å². The summed E-state index contributed by atoms with van der Waals surface area (Å²) in [6.45, 7) is 0. The number of nitrogens with zero attached hydrogens (tertiary/aromatic N) is 1. The summed E-state index contributed by atoms with van der Waals surface area (Å²) in [6, 6.07) is 11.1. The number of pyridine rings is 1. The highest BCUT2D eigenvalue weighted by Gasteiger charge is 2.31. The molecule has 1 aromatic heterocycles. The molecule has 0 saturated heterocycles. The molecule has 2 N–H and O–H groups in total. The van der Waals surface area contributed by atoms with E-state index in [1.165, 1.54) is 6.08 Å². The fraction of sp³-hybridized carbons (Fsp3) is 0.176. The van der Waals surface area contributed by atoms with Gasteiger partial charge < -0.3 is 10.4 Å². The van der Waals surface area contributed by atoms with Gasteiger partial charge in [0.1, 0.15) is 0 Å². The highest BCUT2D eigenvalue weighted by Crippen LogP contribution is 2.31. The van der Waals surface area contributed by atoms with Crippen molar-refractivity contribution >= 4 is 12.0 Å². The Kier molecular flexibility index (Phi) is 3.79. The van der Waals surface area contributed by atoms with Crippen molar-refractivity contribution in [2.75, 3.05) is 0 Å². The van der Waals surface area contributed by atoms with Crippen LogP contribution >= 0.6 is 0 Å². The molecule has 0 spiro atoms. The minimum absolute atomic E-state index is 0.223. The Balaban J connectivity index is 1.69. The maximum Gasteiger partial charge on any atom is 0.244 e. The summed E-state index contributed by atoms with van der Waals surface area (Å²) in [6.07, 6.45) is 6.54. The number of amides is 1. The minimum atomic E-state index is -0.571. The molecule has 1 heterocycles. The molecule has 0 aliphatic heterocycles. The number of rotatable bonds is 3. The summed E-state index contributed by atoms with van der Waals surface area (Å²) in [4.78, 5) is 16.0. The second-order valence-electron chi connectivity index (χ2n) is 5.08. The van der Waals surface area contributed by atoms with Crippen LogP contribution in [0.4, 0.5) is 0 Å². The van der Waals surface area contributed by atoms with E-state index in [0.717, 1.165) is 16.7 Å². The Bertz CT molecular complexity index is 668. The van der Waals surface area contributed by atoms with E-state index in [4.69, 9.17) is 0 Å². The van der Waals surface area contributed by atoms with Crippen LogP contribution in [0.2, 0.25) is 0 Å². The minimum Gasteiger partial charge on any atom is -0.390 e. The molecule has 21 heavy (non-hydrogen) atoms. The molecule has 2 aromatic rings. The van der Waals surface area contributed by atoms with Crippen LogP contribution < -0.4 is 5.32 Å². The molecule has 4 nitrogen and oxygen atoms in total. The molecule has 1 aliphatic carbocycles. The van der Waals surface area contributed by atoms with E-state index < -0.39 is 6.10 Å². The number of hydrogen-bond acceptors (Lipinski definition) is 3. The van der Waals surface area contributed by atoms with Gasteiger partial charge in [-0.15, -0.1) is 0 Å². The first-order valence-electron chi connectivity index (χ1n) is 6.88. The van der Waals surface area contributed by atoms with Crippen LogP contribution in [0.15, 0.2) is 54.9 Å². The largest absolute Gasteiger partial charge is 0.390 e. The van der Waals surface area contributed by atoms with Crippen molar-refractivity contribution in [2.24, 2.45) is 0 Å². The van der Waals surface area contributed by atoms with Gasteiger partial charge in [0.2, 0.25) is 5.91 Å². The molecule has 4 heteroatoms. The lowest BCUT2D eigenvalue weighted by atomic mass is 10.1. The second-order valence-corrected chi connectivity index (χ2v) is 5.08. The highest BCUT2D eigenvalue weighted by atomic mass is 16.3. The molecule has 106 valence electrons. The molecular formula is C17H16N2O2. The number of nitrogens with one attached hydrogen (secondary N) is 1. The molecule has 1 aromatic carbocycles. The number of fused-ring (bicyclic) bond motifs is 1. The summed E-state index contributed by atoms with van der Waals surface area (Å²) < 4.78 is 0. The zero-order valence-corrected chi connectivity index (χ0v) is 11.4. The Morgan fingerprint density at radius 1 is 1.29 bits per heavy atom. The highest BCUT2D eigenvalue weighted by molar-refractivity contribution is 5.92. The predicted molar refractivity (Wildman–Crippen MR) is 80.3 cm³/mol. The quantitative estimate of drug-likeness (QED) is 0.844. The van der Waals surface area contributed by atoms with Gasteiger partial charge >= 0.3 is 0 Å². The first kappa shape index (κ1) is 13.5. The van der Waals surface area contributed by atoms with Crippen LogP contribution in [0.3, 0.4) is 0 Å².